The van der Waals surface area contributed by atoms with Gasteiger partial charge in [-0.3, -0.25) is 15.1 Å². The number of anilines is 1. The lowest BCUT2D eigenvalue weighted by molar-refractivity contribution is -0.387. The third-order valence-electron chi connectivity index (χ3n) is 7.40. The number of halogens is 1. The maximum atomic E-state index is 14.3. The van der Waals surface area contributed by atoms with E-state index in [0.29, 0.717) is 24.3 Å². The summed E-state index contributed by atoms with van der Waals surface area (Å²) >= 11 is 0. The summed E-state index contributed by atoms with van der Waals surface area (Å²) < 4.78 is 22.1. The Bertz CT molecular complexity index is 1540. The number of rotatable bonds is 7. The maximum Gasteiger partial charge on any atom is 0.306 e. The molecule has 39 heavy (non-hydrogen) atoms. The maximum absolute atomic E-state index is 14.3. The van der Waals surface area contributed by atoms with Crippen molar-refractivity contribution < 1.29 is 14.1 Å². The van der Waals surface area contributed by atoms with Crippen molar-refractivity contribution in [3.05, 3.63) is 80.8 Å². The van der Waals surface area contributed by atoms with Crippen LogP contribution in [0.25, 0.3) is 10.9 Å². The molecule has 2 aromatic carbocycles. The molecule has 3 heterocycles. The fraction of sp³-hybridized carbons (Fsp3) is 0.387. The van der Waals surface area contributed by atoms with Gasteiger partial charge in [0.1, 0.15) is 6.17 Å². The van der Waals surface area contributed by atoms with Crippen molar-refractivity contribution in [1.82, 2.24) is 4.57 Å². The van der Waals surface area contributed by atoms with Crippen LogP contribution < -0.4 is 5.32 Å². The molecule has 2 aliphatic rings. The quantitative estimate of drug-likeness (QED) is 0.166. The molecule has 0 spiro atoms. The van der Waals surface area contributed by atoms with Gasteiger partial charge in [-0.25, -0.2) is 0 Å². The van der Waals surface area contributed by atoms with E-state index in [1.807, 2.05) is 26.8 Å². The number of nitro groups is 1. The summed E-state index contributed by atoms with van der Waals surface area (Å²) in [6.45, 7) is 8.06. The normalized spacial score (nSPS) is 18.1. The van der Waals surface area contributed by atoms with Crippen LogP contribution in [0, 0.1) is 33.7 Å². The predicted octanol–water partition coefficient (Wildman–Crippen LogP) is 6.43. The van der Waals surface area contributed by atoms with E-state index in [0.717, 1.165) is 54.6 Å². The highest BCUT2D eigenvalue weighted by Gasteiger charge is 2.23. The van der Waals surface area contributed by atoms with Gasteiger partial charge in [0.2, 0.25) is 5.82 Å². The lowest BCUT2D eigenvalue weighted by Gasteiger charge is -2.17. The summed E-state index contributed by atoms with van der Waals surface area (Å²) in [6, 6.07) is 8.91. The molecule has 0 amide bonds. The molecular weight excluding hydrogens is 495 g/mol. The van der Waals surface area contributed by atoms with Gasteiger partial charge in [-0.15, -0.1) is 0 Å². The molecule has 1 aromatic heterocycles. The third-order valence-corrected chi connectivity index (χ3v) is 7.40. The molecule has 0 bridgehead atoms. The van der Waals surface area contributed by atoms with E-state index >= 15 is 0 Å². The molecule has 0 radical (unpaired) electrons. The van der Waals surface area contributed by atoms with Crippen LogP contribution >= 0.6 is 0 Å². The summed E-state index contributed by atoms with van der Waals surface area (Å²) in [7, 11) is 0. The van der Waals surface area contributed by atoms with Crippen LogP contribution in [0.4, 0.5) is 15.8 Å². The third kappa shape index (κ3) is 5.45. The number of nitrogens with zero attached hydrogens (tertiary/aromatic N) is 3. The van der Waals surface area contributed by atoms with E-state index in [-0.39, 0.29) is 5.92 Å². The van der Waals surface area contributed by atoms with Gasteiger partial charge in [-0.05, 0) is 56.7 Å². The van der Waals surface area contributed by atoms with E-state index in [9.17, 15) is 14.5 Å². The van der Waals surface area contributed by atoms with Gasteiger partial charge < -0.3 is 14.6 Å². The Hall–Kier alpha value is -3.96. The second-order valence-electron chi connectivity index (χ2n) is 10.1. The SMILES string of the molecule is C/C=C(/C#CC1CCOC1)C(=NC(C)Nc1cc([N+](=O)[O-])c(F)cc1CC)c1cn2c3c(cccc13)CCC2. The monoisotopic (exact) mass is 528 g/mol. The zero-order valence-electron chi connectivity index (χ0n) is 22.6. The number of nitro benzene ring substituents is 1. The minimum Gasteiger partial charge on any atom is -0.380 e. The molecule has 0 aliphatic carbocycles. The van der Waals surface area contributed by atoms with Crippen LogP contribution in [0.2, 0.25) is 0 Å². The molecular formula is C31H33FN4O3. The van der Waals surface area contributed by atoms with E-state index in [2.05, 4.69) is 46.1 Å². The van der Waals surface area contributed by atoms with Crippen LogP contribution in [-0.4, -0.2) is 34.6 Å². The fourth-order valence-electron chi connectivity index (χ4n) is 5.45. The number of hydrogen-bond donors (Lipinski definition) is 1. The van der Waals surface area contributed by atoms with Gasteiger partial charge in [-0.1, -0.05) is 43.0 Å². The Balaban J connectivity index is 1.59. The summed E-state index contributed by atoms with van der Waals surface area (Å²) in [5, 5.41) is 15.8. The zero-order valence-corrected chi connectivity index (χ0v) is 22.6. The first-order valence-corrected chi connectivity index (χ1v) is 13.6. The number of nitrogens with one attached hydrogen (secondary N) is 1. The zero-order chi connectivity index (χ0) is 27.5. The van der Waals surface area contributed by atoms with Crippen molar-refractivity contribution in [2.45, 2.75) is 59.2 Å². The number of aryl methyl sites for hydroxylation is 3. The summed E-state index contributed by atoms with van der Waals surface area (Å²) in [6.07, 6.45) is 7.27. The Kier molecular flexibility index (Phi) is 7.80. The number of aromatic nitrogens is 1. The first-order chi connectivity index (χ1) is 18.9. The number of hydrogen-bond acceptors (Lipinski definition) is 5. The highest BCUT2D eigenvalue weighted by atomic mass is 19.1. The largest absolute Gasteiger partial charge is 0.380 e. The van der Waals surface area contributed by atoms with Gasteiger partial charge in [0.05, 0.1) is 22.8 Å². The van der Waals surface area contributed by atoms with Crippen molar-refractivity contribution in [2.75, 3.05) is 18.5 Å². The standard InChI is InChI=1S/C31H33FN4O3/c1-4-22(12-11-21-13-15-39-19-21)30(26-18-35-14-7-9-24-8-6-10-25(26)31(24)35)34-20(3)33-28-17-29(36(37)38)27(32)16-23(28)5-2/h4,6,8,10,16-18,20-21,33H,5,7,9,13-15,19H2,1-3H3/b22-4-,34-30?. The molecule has 1 N–H and O–H groups in total. The number of para-hydroxylation sites is 1. The molecule has 2 aliphatic heterocycles. The van der Waals surface area contributed by atoms with Gasteiger partial charge in [0.25, 0.3) is 0 Å². The van der Waals surface area contributed by atoms with E-state index in [4.69, 9.17) is 9.73 Å². The fourth-order valence-corrected chi connectivity index (χ4v) is 5.45. The molecule has 1 saturated heterocycles. The Labute approximate surface area is 227 Å². The van der Waals surface area contributed by atoms with Crippen molar-refractivity contribution >= 4 is 28.0 Å². The van der Waals surface area contributed by atoms with Crippen LogP contribution in [0.3, 0.4) is 0 Å². The predicted molar refractivity (Wildman–Crippen MR) is 153 cm³/mol. The molecule has 3 aromatic rings. The average Bonchev–Trinajstić information content (AvgIpc) is 3.58. The number of allylic oxidation sites excluding steroid dienone is 2. The molecule has 5 rings (SSSR count). The minimum absolute atomic E-state index is 0.193. The highest BCUT2D eigenvalue weighted by molar-refractivity contribution is 6.21. The molecule has 8 heteroatoms. The average molecular weight is 529 g/mol. The van der Waals surface area contributed by atoms with Crippen molar-refractivity contribution in [1.29, 1.82) is 0 Å². The van der Waals surface area contributed by atoms with E-state index < -0.39 is 22.6 Å². The van der Waals surface area contributed by atoms with Gasteiger partial charge >= 0.3 is 5.69 Å². The molecule has 1 fully saturated rings. The van der Waals surface area contributed by atoms with Crippen LogP contribution in [0.1, 0.15) is 50.3 Å². The Morgan fingerprint density at radius 2 is 2.26 bits per heavy atom. The van der Waals surface area contributed by atoms with E-state index in [1.165, 1.54) is 23.2 Å². The van der Waals surface area contributed by atoms with Gasteiger partial charge in [-0.2, -0.15) is 4.39 Å². The van der Waals surface area contributed by atoms with Crippen molar-refractivity contribution in [2.24, 2.45) is 10.9 Å². The second kappa shape index (κ2) is 11.4. The lowest BCUT2D eigenvalue weighted by atomic mass is 9.98. The number of ether oxygens (including phenoxy) is 1. The smallest absolute Gasteiger partial charge is 0.306 e. The first kappa shape index (κ1) is 26.6. The highest BCUT2D eigenvalue weighted by Crippen LogP contribution is 2.32. The number of benzene rings is 2. The van der Waals surface area contributed by atoms with Crippen LogP contribution in [-0.2, 0) is 24.1 Å². The number of aliphatic imine (C=N–C) groups is 1. The summed E-state index contributed by atoms with van der Waals surface area (Å²) in [5.74, 6) is 6.11. The Morgan fingerprint density at radius 1 is 1.41 bits per heavy atom. The van der Waals surface area contributed by atoms with Crippen LogP contribution in [0.15, 0.2) is 53.2 Å². The summed E-state index contributed by atoms with van der Waals surface area (Å²) in [4.78, 5) is 15.8. The molecule has 2 unspecified atom stereocenters. The van der Waals surface area contributed by atoms with Gasteiger partial charge in [0.15, 0.2) is 0 Å². The molecule has 202 valence electrons. The topological polar surface area (TPSA) is 81.7 Å². The second-order valence-corrected chi connectivity index (χ2v) is 10.1. The lowest BCUT2D eigenvalue weighted by Crippen LogP contribution is -2.18. The molecule has 0 saturated carbocycles. The Morgan fingerprint density at radius 3 is 2.97 bits per heavy atom. The first-order valence-electron chi connectivity index (χ1n) is 13.6. The van der Waals surface area contributed by atoms with Crippen LogP contribution in [0.5, 0.6) is 0 Å². The molecule has 7 nitrogen and oxygen atoms in total. The van der Waals surface area contributed by atoms with E-state index in [1.54, 1.807) is 0 Å². The summed E-state index contributed by atoms with van der Waals surface area (Å²) in [5.41, 5.74) is 5.76. The van der Waals surface area contributed by atoms with Gasteiger partial charge in [0, 0.05) is 53.5 Å². The van der Waals surface area contributed by atoms with Crippen molar-refractivity contribution in [3.63, 3.8) is 0 Å². The minimum atomic E-state index is -0.837. The molecule has 2 atom stereocenters. The van der Waals surface area contributed by atoms with Crippen molar-refractivity contribution in [3.8, 4) is 11.8 Å².